The van der Waals surface area contributed by atoms with Gasteiger partial charge in [0, 0.05) is 0 Å². The highest BCUT2D eigenvalue weighted by Gasteiger charge is 2.19. The quantitative estimate of drug-likeness (QED) is 0.387. The Balaban J connectivity index is 2.16. The molecule has 0 aromatic heterocycles. The van der Waals surface area contributed by atoms with Gasteiger partial charge >= 0.3 is 11.9 Å². The number of hydrogen-bond acceptors (Lipinski definition) is 6. The largest absolute Gasteiger partial charge is 0.489 e. The van der Waals surface area contributed by atoms with Gasteiger partial charge in [-0.1, -0.05) is 50.3 Å². The van der Waals surface area contributed by atoms with Gasteiger partial charge in [0.2, 0.25) is 0 Å². The van der Waals surface area contributed by atoms with Gasteiger partial charge in [0.1, 0.15) is 12.4 Å². The Bertz CT molecular complexity index is 1030. The predicted octanol–water partition coefficient (Wildman–Crippen LogP) is 5.35. The van der Waals surface area contributed by atoms with E-state index in [1.54, 1.807) is 12.1 Å². The lowest BCUT2D eigenvalue weighted by Crippen LogP contribution is -2.22. The van der Waals surface area contributed by atoms with Crippen molar-refractivity contribution < 1.29 is 28.9 Å². The first-order chi connectivity index (χ1) is 15.8. The summed E-state index contributed by atoms with van der Waals surface area (Å²) in [6, 6.07) is 12.5. The number of rotatable bonds is 10. The minimum Gasteiger partial charge on any atom is -0.489 e. The zero-order valence-corrected chi connectivity index (χ0v) is 19.9. The molecule has 0 heterocycles. The van der Waals surface area contributed by atoms with E-state index >= 15 is 0 Å². The van der Waals surface area contributed by atoms with Gasteiger partial charge in [-0.2, -0.15) is 0 Å². The second-order valence-electron chi connectivity index (χ2n) is 7.70. The van der Waals surface area contributed by atoms with E-state index in [0.29, 0.717) is 24.2 Å². The number of aliphatic hydroxyl groups is 1. The van der Waals surface area contributed by atoms with E-state index in [1.807, 2.05) is 63.3 Å². The summed E-state index contributed by atoms with van der Waals surface area (Å²) in [6.45, 7) is 6.12. The molecule has 0 fully saturated rings. The molecule has 0 saturated heterocycles. The molecule has 33 heavy (non-hydrogen) atoms. The number of ether oxygens (including phenoxy) is 3. The molecule has 2 aromatic carbocycles. The van der Waals surface area contributed by atoms with Crippen molar-refractivity contribution in [1.82, 2.24) is 0 Å². The van der Waals surface area contributed by atoms with Crippen LogP contribution in [0.15, 0.2) is 60.7 Å². The fourth-order valence-electron chi connectivity index (χ4n) is 3.20. The maximum Gasteiger partial charge on any atom is 0.338 e. The maximum atomic E-state index is 12.1. The Kier molecular flexibility index (Phi) is 9.43. The monoisotopic (exact) mass is 452 g/mol. The fraction of sp³-hybridized carbons (Fsp3) is 0.333. The average molecular weight is 453 g/mol. The zero-order valence-electron chi connectivity index (χ0n) is 19.9. The number of carbonyl (C=O) groups is 2. The van der Waals surface area contributed by atoms with Crippen molar-refractivity contribution >= 4 is 17.5 Å². The molecule has 0 unspecified atom stereocenters. The van der Waals surface area contributed by atoms with Crippen LogP contribution in [0.25, 0.3) is 5.57 Å². The molecule has 0 bridgehead atoms. The molecule has 0 aliphatic rings. The summed E-state index contributed by atoms with van der Waals surface area (Å²) in [5, 5.41) is 10.4. The van der Waals surface area contributed by atoms with Crippen LogP contribution in [0.1, 0.15) is 65.5 Å². The molecule has 0 spiro atoms. The third-order valence-electron chi connectivity index (χ3n) is 5.57. The number of benzene rings is 2. The number of methoxy groups -OCH3 is 2. The Hall–Kier alpha value is -3.38. The molecule has 176 valence electrons. The van der Waals surface area contributed by atoms with Crippen LogP contribution in [-0.2, 0) is 16.1 Å². The summed E-state index contributed by atoms with van der Waals surface area (Å²) in [5.74, 6) is -0.561. The van der Waals surface area contributed by atoms with Crippen LogP contribution in [0.3, 0.4) is 0 Å². The van der Waals surface area contributed by atoms with Gasteiger partial charge in [-0.3, -0.25) is 0 Å². The van der Waals surface area contributed by atoms with Crippen molar-refractivity contribution in [1.29, 1.82) is 0 Å². The summed E-state index contributed by atoms with van der Waals surface area (Å²) in [4.78, 5) is 24.0. The molecule has 6 nitrogen and oxygen atoms in total. The van der Waals surface area contributed by atoms with Crippen LogP contribution in [0.2, 0.25) is 0 Å². The number of allylic oxidation sites excluding steroid dienone is 3. The molecule has 0 radical (unpaired) electrons. The average Bonchev–Trinajstić information content (AvgIpc) is 2.86. The SMILES string of the molecule is CCC(O)(/C=C/C=C(\C)c1cccc(OCc2ccc(C(=O)OC)c(C(=O)OC)c2)c1)CC. The standard InChI is InChI=1S/C27H32O6/c1-6-27(30,7-2)15-9-10-19(3)21-11-8-12-22(17-21)33-18-20-13-14-23(25(28)31-4)24(16-20)26(29)32-5/h8-17,30H,6-7,18H2,1-5H3/b15-9+,19-10+. The molecule has 0 aliphatic heterocycles. The Morgan fingerprint density at radius 1 is 0.970 bits per heavy atom. The van der Waals surface area contributed by atoms with Gasteiger partial charge < -0.3 is 19.3 Å². The molecule has 0 aliphatic carbocycles. The third-order valence-corrected chi connectivity index (χ3v) is 5.57. The zero-order chi connectivity index (χ0) is 24.4. The summed E-state index contributed by atoms with van der Waals surface area (Å²) in [5.41, 5.74) is 2.22. The molecular weight excluding hydrogens is 420 g/mol. The number of hydrogen-bond donors (Lipinski definition) is 1. The van der Waals surface area contributed by atoms with E-state index in [0.717, 1.165) is 11.1 Å². The molecule has 0 atom stereocenters. The van der Waals surface area contributed by atoms with Gasteiger partial charge in [0.15, 0.2) is 0 Å². The molecule has 0 amide bonds. The molecule has 2 aromatic rings. The second kappa shape index (κ2) is 12.0. The van der Waals surface area contributed by atoms with Gasteiger partial charge in [-0.25, -0.2) is 9.59 Å². The summed E-state index contributed by atoms with van der Waals surface area (Å²) in [6.07, 6.45) is 6.99. The van der Waals surface area contributed by atoms with E-state index in [-0.39, 0.29) is 17.7 Å². The first-order valence-electron chi connectivity index (χ1n) is 10.9. The molecule has 2 rings (SSSR count). The van der Waals surface area contributed by atoms with E-state index < -0.39 is 17.5 Å². The maximum absolute atomic E-state index is 12.1. The van der Waals surface area contributed by atoms with Gasteiger partial charge in [0.05, 0.1) is 30.9 Å². The lowest BCUT2D eigenvalue weighted by molar-refractivity contribution is 0.0555. The van der Waals surface area contributed by atoms with Gasteiger partial charge in [-0.15, -0.1) is 0 Å². The van der Waals surface area contributed by atoms with Crippen molar-refractivity contribution in [2.45, 2.75) is 45.8 Å². The smallest absolute Gasteiger partial charge is 0.338 e. The van der Waals surface area contributed by atoms with Crippen LogP contribution in [0.4, 0.5) is 0 Å². The number of esters is 2. The van der Waals surface area contributed by atoms with E-state index in [4.69, 9.17) is 14.2 Å². The Morgan fingerprint density at radius 2 is 1.64 bits per heavy atom. The van der Waals surface area contributed by atoms with Crippen LogP contribution in [-0.4, -0.2) is 36.9 Å². The second-order valence-corrected chi connectivity index (χ2v) is 7.70. The molecule has 6 heteroatoms. The van der Waals surface area contributed by atoms with Crippen molar-refractivity contribution in [2.75, 3.05) is 14.2 Å². The summed E-state index contributed by atoms with van der Waals surface area (Å²) in [7, 11) is 2.52. The lowest BCUT2D eigenvalue weighted by Gasteiger charge is -2.19. The topological polar surface area (TPSA) is 82.1 Å². The normalized spacial score (nSPS) is 12.0. The summed E-state index contributed by atoms with van der Waals surface area (Å²) < 4.78 is 15.4. The highest BCUT2D eigenvalue weighted by Crippen LogP contribution is 2.23. The van der Waals surface area contributed by atoms with Crippen molar-refractivity contribution in [2.24, 2.45) is 0 Å². The van der Waals surface area contributed by atoms with Gasteiger partial charge in [0.25, 0.3) is 0 Å². The fourth-order valence-corrected chi connectivity index (χ4v) is 3.20. The Labute approximate surface area is 195 Å². The highest BCUT2D eigenvalue weighted by molar-refractivity contribution is 6.03. The van der Waals surface area contributed by atoms with Crippen LogP contribution in [0, 0.1) is 0 Å². The van der Waals surface area contributed by atoms with Crippen molar-refractivity contribution in [3.05, 3.63) is 82.9 Å². The molecular formula is C27H32O6. The minimum atomic E-state index is -0.784. The van der Waals surface area contributed by atoms with Crippen molar-refractivity contribution in [3.8, 4) is 5.75 Å². The highest BCUT2D eigenvalue weighted by atomic mass is 16.5. The lowest BCUT2D eigenvalue weighted by atomic mass is 9.96. The van der Waals surface area contributed by atoms with Gasteiger partial charge in [-0.05, 0) is 60.7 Å². The molecule has 0 saturated carbocycles. The Morgan fingerprint density at radius 3 is 2.27 bits per heavy atom. The minimum absolute atomic E-state index is 0.129. The van der Waals surface area contributed by atoms with Crippen LogP contribution >= 0.6 is 0 Å². The summed E-state index contributed by atoms with van der Waals surface area (Å²) >= 11 is 0. The van der Waals surface area contributed by atoms with Crippen molar-refractivity contribution in [3.63, 3.8) is 0 Å². The van der Waals surface area contributed by atoms with E-state index in [1.165, 1.54) is 20.3 Å². The first-order valence-corrected chi connectivity index (χ1v) is 10.9. The van der Waals surface area contributed by atoms with Crippen LogP contribution in [0.5, 0.6) is 5.75 Å². The number of carbonyl (C=O) groups excluding carboxylic acids is 2. The third kappa shape index (κ3) is 7.05. The van der Waals surface area contributed by atoms with E-state index in [2.05, 4.69) is 0 Å². The van der Waals surface area contributed by atoms with Crippen LogP contribution < -0.4 is 4.74 Å². The first kappa shape index (κ1) is 25.9. The van der Waals surface area contributed by atoms with E-state index in [9.17, 15) is 14.7 Å². The predicted molar refractivity (Wildman–Crippen MR) is 128 cm³/mol. The molecule has 1 N–H and O–H groups in total.